The highest BCUT2D eigenvalue weighted by atomic mass is 19.1. The number of carbonyl (C=O) groups excluding carboxylic acids is 2. The first-order chi connectivity index (χ1) is 11.6. The van der Waals surface area contributed by atoms with E-state index < -0.39 is 5.82 Å². The zero-order valence-corrected chi connectivity index (χ0v) is 13.5. The van der Waals surface area contributed by atoms with Crippen LogP contribution in [0.15, 0.2) is 42.5 Å². The van der Waals surface area contributed by atoms with E-state index in [9.17, 15) is 14.0 Å². The van der Waals surface area contributed by atoms with Gasteiger partial charge >= 0.3 is 0 Å². The predicted molar refractivity (Wildman–Crippen MR) is 90.9 cm³/mol. The van der Waals surface area contributed by atoms with E-state index in [0.29, 0.717) is 24.9 Å². The molecule has 1 aliphatic rings. The van der Waals surface area contributed by atoms with Gasteiger partial charge in [0.2, 0.25) is 0 Å². The third-order valence-corrected chi connectivity index (χ3v) is 4.25. The number of amides is 1. The van der Waals surface area contributed by atoms with Crippen molar-refractivity contribution in [3.8, 4) is 0 Å². The van der Waals surface area contributed by atoms with Gasteiger partial charge in [0, 0.05) is 30.4 Å². The van der Waals surface area contributed by atoms with Crippen molar-refractivity contribution in [1.82, 2.24) is 4.90 Å². The molecule has 1 aliphatic heterocycles. The first kappa shape index (κ1) is 16.2. The van der Waals surface area contributed by atoms with Crippen LogP contribution in [-0.4, -0.2) is 36.2 Å². The van der Waals surface area contributed by atoms with E-state index in [0.717, 1.165) is 18.2 Å². The van der Waals surface area contributed by atoms with Crippen LogP contribution in [0.1, 0.15) is 32.7 Å². The number of carbonyl (C=O) groups is 2. The fourth-order valence-electron chi connectivity index (χ4n) is 2.90. The summed E-state index contributed by atoms with van der Waals surface area (Å²) in [6, 6.07) is 12.0. The first-order valence-corrected chi connectivity index (χ1v) is 7.94. The maximum Gasteiger partial charge on any atom is 0.256 e. The molecule has 0 saturated carbocycles. The highest BCUT2D eigenvalue weighted by Gasteiger charge is 2.28. The lowest BCUT2D eigenvalue weighted by atomic mass is 10.1. The van der Waals surface area contributed by atoms with Crippen LogP contribution in [0.2, 0.25) is 0 Å². The second-order valence-corrected chi connectivity index (χ2v) is 6.10. The molecule has 0 radical (unpaired) electrons. The minimum atomic E-state index is -0.597. The molecule has 2 aromatic carbocycles. The Hall–Kier alpha value is -2.69. The second-order valence-electron chi connectivity index (χ2n) is 6.10. The van der Waals surface area contributed by atoms with E-state index in [1.54, 1.807) is 4.90 Å². The number of hydrogen-bond acceptors (Lipinski definition) is 3. The van der Waals surface area contributed by atoms with Crippen molar-refractivity contribution in [3.63, 3.8) is 0 Å². The number of likely N-dealkylation sites (tertiary alicyclic amines) is 1. The van der Waals surface area contributed by atoms with Crippen molar-refractivity contribution < 1.29 is 14.0 Å². The molecule has 1 heterocycles. The van der Waals surface area contributed by atoms with Gasteiger partial charge in [-0.3, -0.25) is 9.59 Å². The Morgan fingerprint density at radius 1 is 1.25 bits per heavy atom. The number of aryl methyl sites for hydroxylation is 1. The topological polar surface area (TPSA) is 49.4 Å². The standard InChI is InChI=1S/C19H19FN2O2/c1-13-2-5-15(6-3-13)21-16-8-9-22(11-16)19(24)17-10-14(12-23)4-7-18(17)20/h2-7,10,12,16,21H,8-9,11H2,1H3/t16-/m1/s1. The van der Waals surface area contributed by atoms with Crippen LogP contribution in [0.3, 0.4) is 0 Å². The van der Waals surface area contributed by atoms with E-state index in [1.165, 1.54) is 17.7 Å². The van der Waals surface area contributed by atoms with Crippen LogP contribution >= 0.6 is 0 Å². The quantitative estimate of drug-likeness (QED) is 0.877. The van der Waals surface area contributed by atoms with Gasteiger partial charge in [0.05, 0.1) is 5.56 Å². The molecule has 124 valence electrons. The van der Waals surface area contributed by atoms with Crippen LogP contribution < -0.4 is 5.32 Å². The molecule has 3 rings (SSSR count). The maximum atomic E-state index is 13.9. The molecule has 0 spiro atoms. The highest BCUT2D eigenvalue weighted by molar-refractivity contribution is 5.96. The third-order valence-electron chi connectivity index (χ3n) is 4.25. The van der Waals surface area contributed by atoms with Crippen LogP contribution in [-0.2, 0) is 0 Å². The summed E-state index contributed by atoms with van der Waals surface area (Å²) < 4.78 is 13.9. The van der Waals surface area contributed by atoms with E-state index >= 15 is 0 Å². The molecule has 1 atom stereocenters. The summed E-state index contributed by atoms with van der Waals surface area (Å²) in [5, 5.41) is 3.40. The van der Waals surface area contributed by atoms with Crippen molar-refractivity contribution in [3.05, 3.63) is 65.0 Å². The van der Waals surface area contributed by atoms with Gasteiger partial charge in [-0.1, -0.05) is 17.7 Å². The fraction of sp³-hybridized carbons (Fsp3) is 0.263. The number of hydrogen-bond donors (Lipinski definition) is 1. The number of nitrogens with zero attached hydrogens (tertiary/aromatic N) is 1. The molecule has 0 unspecified atom stereocenters. The molecular formula is C19H19FN2O2. The summed E-state index contributed by atoms with van der Waals surface area (Å²) >= 11 is 0. The van der Waals surface area contributed by atoms with Gasteiger partial charge in [-0.15, -0.1) is 0 Å². The Kier molecular flexibility index (Phi) is 4.60. The molecule has 24 heavy (non-hydrogen) atoms. The molecule has 0 aliphatic carbocycles. The highest BCUT2D eigenvalue weighted by Crippen LogP contribution is 2.20. The van der Waals surface area contributed by atoms with E-state index in [1.807, 2.05) is 31.2 Å². The molecule has 0 bridgehead atoms. The van der Waals surface area contributed by atoms with Crippen molar-refractivity contribution >= 4 is 17.9 Å². The van der Waals surface area contributed by atoms with Gasteiger partial charge in [0.15, 0.2) is 0 Å². The molecule has 1 fully saturated rings. The Morgan fingerprint density at radius 2 is 2.00 bits per heavy atom. The number of aldehydes is 1. The van der Waals surface area contributed by atoms with Crippen LogP contribution in [0.4, 0.5) is 10.1 Å². The number of benzene rings is 2. The van der Waals surface area contributed by atoms with Crippen LogP contribution in [0.25, 0.3) is 0 Å². The lowest BCUT2D eigenvalue weighted by Gasteiger charge is -2.18. The smallest absolute Gasteiger partial charge is 0.256 e. The third kappa shape index (κ3) is 3.45. The van der Waals surface area contributed by atoms with Crippen molar-refractivity contribution in [2.75, 3.05) is 18.4 Å². The van der Waals surface area contributed by atoms with Gasteiger partial charge in [-0.25, -0.2) is 4.39 Å². The molecule has 0 aromatic heterocycles. The maximum absolute atomic E-state index is 13.9. The number of anilines is 1. The Balaban J connectivity index is 1.67. The average molecular weight is 326 g/mol. The molecule has 1 amide bonds. The predicted octanol–water partition coefficient (Wildman–Crippen LogP) is 3.27. The lowest BCUT2D eigenvalue weighted by molar-refractivity contribution is 0.0787. The first-order valence-electron chi connectivity index (χ1n) is 7.94. The Labute approximate surface area is 140 Å². The monoisotopic (exact) mass is 326 g/mol. The Morgan fingerprint density at radius 3 is 2.71 bits per heavy atom. The molecule has 2 aromatic rings. The van der Waals surface area contributed by atoms with E-state index in [-0.39, 0.29) is 17.5 Å². The zero-order valence-electron chi connectivity index (χ0n) is 13.5. The van der Waals surface area contributed by atoms with Crippen molar-refractivity contribution in [2.24, 2.45) is 0 Å². The SMILES string of the molecule is Cc1ccc(N[C@@H]2CCN(C(=O)c3cc(C=O)ccc3F)C2)cc1. The summed E-state index contributed by atoms with van der Waals surface area (Å²) in [5.74, 6) is -0.968. The van der Waals surface area contributed by atoms with Crippen molar-refractivity contribution in [2.45, 2.75) is 19.4 Å². The molecule has 1 N–H and O–H groups in total. The molecule has 1 saturated heterocycles. The van der Waals surface area contributed by atoms with Gasteiger partial charge in [-0.2, -0.15) is 0 Å². The number of nitrogens with one attached hydrogen (secondary N) is 1. The minimum Gasteiger partial charge on any atom is -0.380 e. The van der Waals surface area contributed by atoms with Gasteiger partial charge in [0.1, 0.15) is 12.1 Å². The number of rotatable bonds is 4. The average Bonchev–Trinajstić information content (AvgIpc) is 3.05. The van der Waals surface area contributed by atoms with Crippen molar-refractivity contribution in [1.29, 1.82) is 0 Å². The molecule has 4 nitrogen and oxygen atoms in total. The largest absolute Gasteiger partial charge is 0.380 e. The van der Waals surface area contributed by atoms with Crippen LogP contribution in [0, 0.1) is 12.7 Å². The molecular weight excluding hydrogens is 307 g/mol. The van der Waals surface area contributed by atoms with E-state index in [2.05, 4.69) is 5.32 Å². The zero-order chi connectivity index (χ0) is 17.1. The molecule has 5 heteroatoms. The van der Waals surface area contributed by atoms with Gasteiger partial charge in [-0.05, 0) is 43.7 Å². The lowest BCUT2D eigenvalue weighted by Crippen LogP contribution is -2.32. The summed E-state index contributed by atoms with van der Waals surface area (Å²) in [6.07, 6.45) is 1.41. The van der Waals surface area contributed by atoms with Crippen LogP contribution in [0.5, 0.6) is 0 Å². The van der Waals surface area contributed by atoms with E-state index in [4.69, 9.17) is 0 Å². The summed E-state index contributed by atoms with van der Waals surface area (Å²) in [4.78, 5) is 25.0. The fourth-order valence-corrected chi connectivity index (χ4v) is 2.90. The number of halogens is 1. The Bertz CT molecular complexity index is 758. The summed E-state index contributed by atoms with van der Waals surface area (Å²) in [5.41, 5.74) is 2.45. The summed E-state index contributed by atoms with van der Waals surface area (Å²) in [6.45, 7) is 3.10. The van der Waals surface area contributed by atoms with Gasteiger partial charge < -0.3 is 10.2 Å². The second kappa shape index (κ2) is 6.83. The minimum absolute atomic E-state index is 0.0458. The summed E-state index contributed by atoms with van der Waals surface area (Å²) in [7, 11) is 0. The van der Waals surface area contributed by atoms with Gasteiger partial charge in [0.25, 0.3) is 5.91 Å². The normalized spacial score (nSPS) is 16.9.